The Hall–Kier alpha value is -4.73. The molecule has 0 aliphatic heterocycles. The summed E-state index contributed by atoms with van der Waals surface area (Å²) in [7, 11) is 3.07. The monoisotopic (exact) mass is 506 g/mol. The predicted molar refractivity (Wildman–Crippen MR) is 133 cm³/mol. The van der Waals surface area contributed by atoms with Crippen molar-refractivity contribution in [2.75, 3.05) is 19.5 Å². The average Bonchev–Trinajstić information content (AvgIpc) is 3.20. The van der Waals surface area contributed by atoms with Crippen molar-refractivity contribution in [2.24, 2.45) is 0 Å². The Labute approximate surface area is 209 Å². The molecule has 7 nitrogen and oxygen atoms in total. The fourth-order valence-corrected chi connectivity index (χ4v) is 4.09. The lowest BCUT2D eigenvalue weighted by molar-refractivity contribution is 0.387. The fourth-order valence-electron chi connectivity index (χ4n) is 4.09. The van der Waals surface area contributed by atoms with Gasteiger partial charge in [0.2, 0.25) is 5.88 Å². The zero-order valence-corrected chi connectivity index (χ0v) is 19.8. The van der Waals surface area contributed by atoms with Crippen LogP contribution in [0.4, 0.5) is 24.7 Å². The van der Waals surface area contributed by atoms with Gasteiger partial charge in [0, 0.05) is 17.8 Å². The first-order valence-electron chi connectivity index (χ1n) is 11.1. The predicted octanol–water partition coefficient (Wildman–Crippen LogP) is 6.03. The summed E-state index contributed by atoms with van der Waals surface area (Å²) in [6.45, 7) is 0.201. The lowest BCUT2D eigenvalue weighted by Gasteiger charge is -2.12. The zero-order valence-electron chi connectivity index (χ0n) is 19.8. The number of fused-ring (bicyclic) bond motifs is 1. The van der Waals surface area contributed by atoms with E-state index in [9.17, 15) is 18.3 Å². The van der Waals surface area contributed by atoms with Gasteiger partial charge in [0.05, 0.1) is 54.8 Å². The summed E-state index contributed by atoms with van der Waals surface area (Å²) in [6.07, 6.45) is 2.60. The maximum absolute atomic E-state index is 14.6. The number of anilines is 2. The quantitative estimate of drug-likeness (QED) is 0.281. The highest BCUT2D eigenvalue weighted by Crippen LogP contribution is 2.39. The van der Waals surface area contributed by atoms with E-state index in [-0.39, 0.29) is 40.7 Å². The van der Waals surface area contributed by atoms with Crippen molar-refractivity contribution in [3.63, 3.8) is 0 Å². The van der Waals surface area contributed by atoms with Gasteiger partial charge < -0.3 is 24.5 Å². The Morgan fingerprint density at radius 1 is 0.973 bits per heavy atom. The molecule has 0 unspecified atom stereocenters. The highest BCUT2D eigenvalue weighted by molar-refractivity contribution is 5.99. The molecule has 0 radical (unpaired) electrons. The van der Waals surface area contributed by atoms with E-state index in [1.165, 1.54) is 35.9 Å². The van der Waals surface area contributed by atoms with Gasteiger partial charge in [0.1, 0.15) is 34.8 Å². The number of pyridine rings is 2. The van der Waals surface area contributed by atoms with Crippen LogP contribution in [0.5, 0.6) is 17.4 Å². The van der Waals surface area contributed by atoms with Gasteiger partial charge in [-0.05, 0) is 42.5 Å². The zero-order chi connectivity index (χ0) is 26.1. The second-order valence-electron chi connectivity index (χ2n) is 8.16. The largest absolute Gasteiger partial charge is 0.497 e. The minimum atomic E-state index is -0.788. The first-order valence-corrected chi connectivity index (χ1v) is 11.1. The molecule has 0 saturated carbocycles. The van der Waals surface area contributed by atoms with E-state index in [4.69, 9.17) is 9.47 Å². The van der Waals surface area contributed by atoms with E-state index in [0.29, 0.717) is 16.9 Å². The molecule has 2 aromatic carbocycles. The Morgan fingerprint density at radius 3 is 2.43 bits per heavy atom. The van der Waals surface area contributed by atoms with E-state index < -0.39 is 17.5 Å². The average molecular weight is 506 g/mol. The molecule has 0 fully saturated rings. The molecular weight excluding hydrogens is 485 g/mol. The van der Waals surface area contributed by atoms with Crippen molar-refractivity contribution in [3.8, 4) is 28.6 Å². The van der Waals surface area contributed by atoms with Crippen LogP contribution in [-0.4, -0.2) is 33.9 Å². The molecule has 0 aliphatic rings. The summed E-state index contributed by atoms with van der Waals surface area (Å²) < 4.78 is 54.9. The van der Waals surface area contributed by atoms with Gasteiger partial charge in [-0.2, -0.15) is 0 Å². The number of hydrogen-bond acceptors (Lipinski definition) is 6. The number of nitrogens with one attached hydrogen (secondary N) is 1. The highest BCUT2D eigenvalue weighted by Gasteiger charge is 2.21. The molecule has 0 amide bonds. The maximum atomic E-state index is 14.6. The van der Waals surface area contributed by atoms with E-state index in [1.54, 1.807) is 31.5 Å². The Bertz CT molecular complexity index is 1580. The summed E-state index contributed by atoms with van der Waals surface area (Å²) in [5.41, 5.74) is 0.985. The number of hydrogen-bond donors (Lipinski definition) is 2. The van der Waals surface area contributed by atoms with E-state index in [1.807, 2.05) is 0 Å². The number of halogens is 3. The van der Waals surface area contributed by atoms with Gasteiger partial charge in [-0.3, -0.25) is 0 Å². The van der Waals surface area contributed by atoms with Crippen LogP contribution in [-0.2, 0) is 6.54 Å². The molecule has 188 valence electrons. The van der Waals surface area contributed by atoms with Crippen LogP contribution in [0, 0.1) is 17.5 Å². The molecule has 5 aromatic rings. The maximum Gasteiger partial charge on any atom is 0.203 e. The molecule has 2 N–H and O–H groups in total. The number of aromatic hydroxyl groups is 1. The lowest BCUT2D eigenvalue weighted by atomic mass is 10.1. The molecule has 0 aliphatic carbocycles. The van der Waals surface area contributed by atoms with Gasteiger partial charge in [-0.15, -0.1) is 0 Å². The van der Waals surface area contributed by atoms with E-state index in [0.717, 1.165) is 23.9 Å². The molecule has 3 heterocycles. The van der Waals surface area contributed by atoms with Crippen LogP contribution in [0.15, 0.2) is 67.0 Å². The summed E-state index contributed by atoms with van der Waals surface area (Å²) in [4.78, 5) is 8.43. The summed E-state index contributed by atoms with van der Waals surface area (Å²) in [5, 5.41) is 14.5. The molecule has 0 spiro atoms. The van der Waals surface area contributed by atoms with Crippen molar-refractivity contribution in [1.82, 2.24) is 14.5 Å². The number of rotatable bonds is 7. The van der Waals surface area contributed by atoms with Crippen molar-refractivity contribution >= 4 is 22.4 Å². The molecule has 3 aromatic heterocycles. The molecule has 37 heavy (non-hydrogen) atoms. The highest BCUT2D eigenvalue weighted by atomic mass is 19.1. The number of nitrogens with zero attached hydrogens (tertiary/aromatic N) is 3. The smallest absolute Gasteiger partial charge is 0.203 e. The van der Waals surface area contributed by atoms with Crippen molar-refractivity contribution in [1.29, 1.82) is 0 Å². The molecule has 0 atom stereocenters. The van der Waals surface area contributed by atoms with Crippen LogP contribution in [0.25, 0.3) is 22.2 Å². The van der Waals surface area contributed by atoms with Crippen molar-refractivity contribution < 1.29 is 27.8 Å². The molecule has 0 saturated heterocycles. The standard InChI is InChI=1S/C27H21F3N4O3/c1-36-17-8-6-15(23(10-17)37-2)13-34-14-22-26(27(34)35)21(33-24-9-7-16(28)12-31-24)11-20(32-22)25-18(29)4-3-5-19(25)30/h3-12,14,35H,13H2,1-2H3,(H,31,33). The van der Waals surface area contributed by atoms with Gasteiger partial charge in [0.25, 0.3) is 0 Å². The minimum absolute atomic E-state index is 0.00638. The normalized spacial score (nSPS) is 11.1. The Balaban J connectivity index is 1.66. The van der Waals surface area contributed by atoms with Crippen LogP contribution in [0.3, 0.4) is 0 Å². The summed E-state index contributed by atoms with van der Waals surface area (Å²) in [6, 6.07) is 12.9. The third-order valence-corrected chi connectivity index (χ3v) is 5.87. The third-order valence-electron chi connectivity index (χ3n) is 5.87. The SMILES string of the molecule is COc1ccc(Cn2cc3nc(-c4c(F)cccc4F)cc(Nc4ccc(F)cn4)c3c2O)c(OC)c1. The Morgan fingerprint density at radius 2 is 1.76 bits per heavy atom. The second-order valence-corrected chi connectivity index (χ2v) is 8.16. The van der Waals surface area contributed by atoms with E-state index in [2.05, 4.69) is 15.3 Å². The van der Waals surface area contributed by atoms with Crippen LogP contribution >= 0.6 is 0 Å². The third kappa shape index (κ3) is 4.61. The molecular formula is C27H21F3N4O3. The second kappa shape index (κ2) is 9.73. The van der Waals surface area contributed by atoms with Crippen molar-refractivity contribution in [3.05, 3.63) is 90.0 Å². The Kier molecular flexibility index (Phi) is 6.31. The number of methoxy groups -OCH3 is 2. The van der Waals surface area contributed by atoms with E-state index >= 15 is 0 Å². The van der Waals surface area contributed by atoms with Crippen LogP contribution in [0.2, 0.25) is 0 Å². The van der Waals surface area contributed by atoms with Crippen molar-refractivity contribution in [2.45, 2.75) is 6.54 Å². The van der Waals surface area contributed by atoms with Gasteiger partial charge in [-0.1, -0.05) is 6.07 Å². The number of benzene rings is 2. The minimum Gasteiger partial charge on any atom is -0.497 e. The van der Waals surface area contributed by atoms with Gasteiger partial charge in [-0.25, -0.2) is 23.1 Å². The first-order chi connectivity index (χ1) is 17.9. The van der Waals surface area contributed by atoms with Gasteiger partial charge in [0.15, 0.2) is 0 Å². The topological polar surface area (TPSA) is 81.4 Å². The molecule has 0 bridgehead atoms. The number of ether oxygens (including phenoxy) is 2. The summed E-state index contributed by atoms with van der Waals surface area (Å²) in [5.74, 6) is -0.828. The molecule has 5 rings (SSSR count). The molecule has 10 heteroatoms. The fraction of sp³-hybridized carbons (Fsp3) is 0.111. The summed E-state index contributed by atoms with van der Waals surface area (Å²) >= 11 is 0. The van der Waals surface area contributed by atoms with Crippen LogP contribution < -0.4 is 14.8 Å². The number of aromatic nitrogens is 3. The lowest BCUT2D eigenvalue weighted by Crippen LogP contribution is -2.01. The van der Waals surface area contributed by atoms with Gasteiger partial charge >= 0.3 is 0 Å². The first kappa shape index (κ1) is 24.0. The van der Waals surface area contributed by atoms with Crippen LogP contribution in [0.1, 0.15) is 5.56 Å².